The van der Waals surface area contributed by atoms with E-state index in [2.05, 4.69) is 5.17 Å². The van der Waals surface area contributed by atoms with Gasteiger partial charge in [0.05, 0.1) is 0 Å². The Hall–Kier alpha value is 0.220. The van der Waals surface area contributed by atoms with E-state index in [4.69, 9.17) is 9.47 Å². The fourth-order valence-corrected chi connectivity index (χ4v) is 2.68. The van der Waals surface area contributed by atoms with Gasteiger partial charge in [0, 0.05) is 13.2 Å². The van der Waals surface area contributed by atoms with E-state index in [0.717, 1.165) is 0 Å². The molecule has 13 heavy (non-hydrogen) atoms. The molecule has 76 valence electrons. The lowest BCUT2D eigenvalue weighted by molar-refractivity contribution is -0.158. The van der Waals surface area contributed by atoms with E-state index in [1.54, 1.807) is 0 Å². The lowest BCUT2D eigenvalue weighted by Crippen LogP contribution is -2.00. The van der Waals surface area contributed by atoms with Gasteiger partial charge in [0.25, 0.3) is 5.17 Å². The van der Waals surface area contributed by atoms with Crippen molar-refractivity contribution in [1.82, 2.24) is 0 Å². The average molecular weight is 224 g/mol. The van der Waals surface area contributed by atoms with Gasteiger partial charge in [0.2, 0.25) is 12.7 Å². The van der Waals surface area contributed by atoms with Crippen molar-refractivity contribution in [2.24, 2.45) is 0 Å². The van der Waals surface area contributed by atoms with E-state index in [1.807, 2.05) is 13.8 Å². The van der Waals surface area contributed by atoms with E-state index in [9.17, 15) is 9.79 Å². The Morgan fingerprint density at radius 2 is 1.38 bits per heavy atom. The highest BCUT2D eigenvalue weighted by molar-refractivity contribution is 7.64. The van der Waals surface area contributed by atoms with E-state index in [-0.39, 0.29) is 12.7 Å². The summed E-state index contributed by atoms with van der Waals surface area (Å²) in [6, 6.07) is 0. The third kappa shape index (κ3) is 8.55. The van der Waals surface area contributed by atoms with Crippen LogP contribution in [0, 0.1) is 0 Å². The zero-order valence-corrected chi connectivity index (χ0v) is 9.64. The molecule has 0 saturated heterocycles. The summed E-state index contributed by atoms with van der Waals surface area (Å²) in [5.41, 5.74) is 0. The molecule has 0 rings (SSSR count). The third-order valence-electron chi connectivity index (χ3n) is 1.05. The zero-order valence-electron chi connectivity index (χ0n) is 7.86. The maximum atomic E-state index is 11.0. The topological polar surface area (TPSA) is 64.6 Å². The molecular weight excluding hydrogens is 210 g/mol. The van der Waals surface area contributed by atoms with Crippen molar-refractivity contribution in [2.75, 3.05) is 25.9 Å². The highest BCUT2D eigenvalue weighted by Gasteiger charge is 2.00. The molecule has 6 heteroatoms. The Labute approximate surface area is 80.4 Å². The van der Waals surface area contributed by atoms with Gasteiger partial charge >= 0.3 is 0 Å². The van der Waals surface area contributed by atoms with Gasteiger partial charge in [-0.1, -0.05) is 0 Å². The summed E-state index contributed by atoms with van der Waals surface area (Å²) in [5.74, 6) is 0. The van der Waals surface area contributed by atoms with E-state index >= 15 is 0 Å². The van der Waals surface area contributed by atoms with Gasteiger partial charge in [-0.2, -0.15) is 0 Å². The van der Waals surface area contributed by atoms with E-state index < -0.39 is 15.5 Å². The van der Waals surface area contributed by atoms with Crippen LogP contribution >= 0.6 is 15.5 Å². The molecule has 0 heterocycles. The van der Waals surface area contributed by atoms with Crippen LogP contribution in [0.2, 0.25) is 0 Å². The summed E-state index contributed by atoms with van der Waals surface area (Å²) in [5, 5.41) is 2.42. The predicted molar refractivity (Wildman–Crippen MR) is 51.8 cm³/mol. The summed E-state index contributed by atoms with van der Waals surface area (Å²) < 4.78 is 9.77. The molecular formula is C7H14O4P2. The second kappa shape index (κ2) is 8.80. The second-order valence-corrected chi connectivity index (χ2v) is 4.93. The Kier molecular flexibility index (Phi) is 8.95. The first kappa shape index (κ1) is 13.2. The van der Waals surface area contributed by atoms with E-state index in [0.29, 0.717) is 13.2 Å². The molecule has 0 aromatic rings. The molecule has 0 spiro atoms. The Morgan fingerprint density at radius 1 is 1.00 bits per heavy atom. The van der Waals surface area contributed by atoms with Crippen LogP contribution in [0.25, 0.3) is 0 Å². The fourth-order valence-electron chi connectivity index (χ4n) is 0.531. The molecule has 0 saturated carbocycles. The van der Waals surface area contributed by atoms with Crippen molar-refractivity contribution in [1.29, 1.82) is 0 Å². The maximum absolute atomic E-state index is 11.0. The quantitative estimate of drug-likeness (QED) is 0.601. The SMILES string of the molecule is CCOC[P+]([O-])=C=[P+]([O-])COCC. The van der Waals surface area contributed by atoms with Crippen LogP contribution in [0.4, 0.5) is 0 Å². The lowest BCUT2D eigenvalue weighted by atomic mass is 10.9. The Morgan fingerprint density at radius 3 is 1.69 bits per heavy atom. The van der Waals surface area contributed by atoms with Crippen LogP contribution in [0.5, 0.6) is 0 Å². The molecule has 2 atom stereocenters. The molecule has 0 N–H and O–H groups in total. The summed E-state index contributed by atoms with van der Waals surface area (Å²) in [6.45, 7) is 4.63. The van der Waals surface area contributed by atoms with Crippen LogP contribution in [0.15, 0.2) is 0 Å². The van der Waals surface area contributed by atoms with E-state index in [1.165, 1.54) is 0 Å². The van der Waals surface area contributed by atoms with Crippen LogP contribution in [0.3, 0.4) is 0 Å². The number of ether oxygens (including phenoxy) is 2. The first-order valence-electron chi connectivity index (χ1n) is 4.01. The Balaban J connectivity index is 3.97. The summed E-state index contributed by atoms with van der Waals surface area (Å²) >= 11 is 0. The first-order chi connectivity index (χ1) is 6.20. The molecule has 4 nitrogen and oxygen atoms in total. The van der Waals surface area contributed by atoms with Crippen LogP contribution in [-0.4, -0.2) is 31.1 Å². The normalized spacial score (nSPS) is 12.3. The van der Waals surface area contributed by atoms with Gasteiger partial charge in [-0.15, -0.1) is 0 Å². The number of hydrogen-bond acceptors (Lipinski definition) is 4. The maximum Gasteiger partial charge on any atom is 0.284 e. The van der Waals surface area contributed by atoms with Crippen LogP contribution in [-0.2, 0) is 9.47 Å². The van der Waals surface area contributed by atoms with Crippen molar-refractivity contribution < 1.29 is 19.3 Å². The summed E-state index contributed by atoms with van der Waals surface area (Å²) in [7, 11) is -3.46. The molecule has 0 aliphatic carbocycles. The van der Waals surface area contributed by atoms with Crippen molar-refractivity contribution >= 4 is 20.7 Å². The fraction of sp³-hybridized carbons (Fsp3) is 0.857. The average Bonchev–Trinajstić information content (AvgIpc) is 2.11. The minimum absolute atomic E-state index is 0.0963. The van der Waals surface area contributed by atoms with Gasteiger partial charge in [0.1, 0.15) is 0 Å². The smallest absolute Gasteiger partial charge is 0.284 e. The predicted octanol–water partition coefficient (Wildman–Crippen LogP) is 0.125. The molecule has 0 aliphatic heterocycles. The van der Waals surface area contributed by atoms with Crippen LogP contribution in [0.1, 0.15) is 13.8 Å². The molecule has 0 aliphatic rings. The minimum atomic E-state index is -1.73. The van der Waals surface area contributed by atoms with Crippen molar-refractivity contribution in [3.8, 4) is 0 Å². The van der Waals surface area contributed by atoms with Gasteiger partial charge in [-0.25, -0.2) is 0 Å². The van der Waals surface area contributed by atoms with Gasteiger partial charge in [-0.05, 0) is 13.8 Å². The second-order valence-electron chi connectivity index (χ2n) is 2.10. The molecule has 0 bridgehead atoms. The number of hydrogen-bond donors (Lipinski definition) is 0. The van der Waals surface area contributed by atoms with Crippen LogP contribution < -0.4 is 9.79 Å². The molecule has 0 aromatic carbocycles. The van der Waals surface area contributed by atoms with Gasteiger partial charge in [-0.3, -0.25) is 0 Å². The Bertz CT molecular complexity index is 181. The minimum Gasteiger partial charge on any atom is -0.618 e. The monoisotopic (exact) mass is 224 g/mol. The first-order valence-corrected chi connectivity index (χ1v) is 6.90. The standard InChI is InChI=1S/C7H14O4P2/c1-3-10-5-12(8)7-13(9)6-11-4-2/h3-6H2,1-2H3. The van der Waals surface area contributed by atoms with Crippen molar-refractivity contribution in [3.63, 3.8) is 0 Å². The highest BCUT2D eigenvalue weighted by atomic mass is 31.1. The third-order valence-corrected chi connectivity index (χ3v) is 3.67. The summed E-state index contributed by atoms with van der Waals surface area (Å²) in [4.78, 5) is 22.1. The van der Waals surface area contributed by atoms with Crippen molar-refractivity contribution in [3.05, 3.63) is 0 Å². The molecule has 2 unspecified atom stereocenters. The van der Waals surface area contributed by atoms with Gasteiger partial charge in [0.15, 0.2) is 15.5 Å². The molecule has 0 amide bonds. The highest BCUT2D eigenvalue weighted by Crippen LogP contribution is 2.15. The largest absolute Gasteiger partial charge is 0.618 e. The molecule has 0 aromatic heterocycles. The lowest BCUT2D eigenvalue weighted by Gasteiger charge is -1.95. The number of rotatable bonds is 6. The zero-order chi connectivity index (χ0) is 10.1. The van der Waals surface area contributed by atoms with Gasteiger partial charge < -0.3 is 19.3 Å². The molecule has 0 fully saturated rings. The molecule has 0 radical (unpaired) electrons. The summed E-state index contributed by atoms with van der Waals surface area (Å²) in [6.07, 6.45) is 0.193. The van der Waals surface area contributed by atoms with Crippen molar-refractivity contribution in [2.45, 2.75) is 13.8 Å².